The van der Waals surface area contributed by atoms with E-state index in [1.165, 1.54) is 12.1 Å². The van der Waals surface area contributed by atoms with Gasteiger partial charge in [0.2, 0.25) is 0 Å². The quantitative estimate of drug-likeness (QED) is 0.769. The minimum absolute atomic E-state index is 0.101. The minimum atomic E-state index is -0.301. The molecule has 0 aliphatic rings. The molecule has 0 aliphatic heterocycles. The van der Waals surface area contributed by atoms with Crippen LogP contribution in [-0.4, -0.2) is 31.0 Å². The van der Waals surface area contributed by atoms with Crippen molar-refractivity contribution in [2.45, 2.75) is 6.42 Å². The van der Waals surface area contributed by atoms with Crippen LogP contribution in [-0.2, 0) is 0 Å². The molecular formula is C18H17FN2O2. The summed E-state index contributed by atoms with van der Waals surface area (Å²) in [5, 5.41) is 8.75. The van der Waals surface area contributed by atoms with Crippen molar-refractivity contribution in [3.8, 4) is 11.8 Å². The minimum Gasteiger partial charge on any atom is -0.494 e. The number of carbonyl (C=O) groups excluding carboxylic acids is 1. The van der Waals surface area contributed by atoms with Crippen molar-refractivity contribution in [1.82, 2.24) is 4.90 Å². The SMILES string of the molecule is CN(CCCOc1ccc(F)cc1)C(=O)c1ccc(C#N)cc1. The second-order valence-electron chi connectivity index (χ2n) is 5.07. The molecule has 0 aliphatic carbocycles. The van der Waals surface area contributed by atoms with Crippen LogP contribution in [0.3, 0.4) is 0 Å². The fraction of sp³-hybridized carbons (Fsp3) is 0.222. The van der Waals surface area contributed by atoms with Gasteiger partial charge in [0.05, 0.1) is 18.2 Å². The molecule has 0 unspecified atom stereocenters. The Morgan fingerprint density at radius 1 is 1.17 bits per heavy atom. The zero-order valence-corrected chi connectivity index (χ0v) is 12.8. The van der Waals surface area contributed by atoms with Gasteiger partial charge in [0, 0.05) is 19.2 Å². The number of halogens is 1. The first kappa shape index (κ1) is 16.5. The van der Waals surface area contributed by atoms with Crippen LogP contribution in [0.4, 0.5) is 4.39 Å². The van der Waals surface area contributed by atoms with Crippen molar-refractivity contribution >= 4 is 5.91 Å². The van der Waals surface area contributed by atoms with E-state index >= 15 is 0 Å². The largest absolute Gasteiger partial charge is 0.494 e. The van der Waals surface area contributed by atoms with Gasteiger partial charge >= 0.3 is 0 Å². The lowest BCUT2D eigenvalue weighted by atomic mass is 10.1. The van der Waals surface area contributed by atoms with Crippen molar-refractivity contribution < 1.29 is 13.9 Å². The molecule has 0 atom stereocenters. The zero-order chi connectivity index (χ0) is 16.7. The van der Waals surface area contributed by atoms with Crippen LogP contribution in [0.2, 0.25) is 0 Å². The average molecular weight is 312 g/mol. The third-order valence-corrected chi connectivity index (χ3v) is 3.33. The highest BCUT2D eigenvalue weighted by Gasteiger charge is 2.11. The Morgan fingerprint density at radius 3 is 2.43 bits per heavy atom. The van der Waals surface area contributed by atoms with Crippen LogP contribution in [0.5, 0.6) is 5.75 Å². The zero-order valence-electron chi connectivity index (χ0n) is 12.8. The molecule has 23 heavy (non-hydrogen) atoms. The molecule has 0 N–H and O–H groups in total. The Bertz CT molecular complexity index is 690. The molecule has 2 aromatic carbocycles. The van der Waals surface area contributed by atoms with E-state index in [0.29, 0.717) is 36.4 Å². The van der Waals surface area contributed by atoms with Gasteiger partial charge in [0.25, 0.3) is 5.91 Å². The second kappa shape index (κ2) is 7.95. The highest BCUT2D eigenvalue weighted by molar-refractivity contribution is 5.94. The number of carbonyl (C=O) groups is 1. The van der Waals surface area contributed by atoms with Gasteiger partial charge in [-0.15, -0.1) is 0 Å². The van der Waals surface area contributed by atoms with Crippen LogP contribution in [0.1, 0.15) is 22.3 Å². The van der Waals surface area contributed by atoms with Crippen LogP contribution < -0.4 is 4.74 Å². The van der Waals surface area contributed by atoms with Gasteiger partial charge in [-0.1, -0.05) is 0 Å². The number of nitrogens with zero attached hydrogens (tertiary/aromatic N) is 2. The van der Waals surface area contributed by atoms with Gasteiger partial charge in [0.1, 0.15) is 11.6 Å². The maximum atomic E-state index is 12.8. The summed E-state index contributed by atoms with van der Waals surface area (Å²) in [4.78, 5) is 13.8. The van der Waals surface area contributed by atoms with E-state index in [0.717, 1.165) is 0 Å². The smallest absolute Gasteiger partial charge is 0.253 e. The van der Waals surface area contributed by atoms with Crippen molar-refractivity contribution in [2.75, 3.05) is 20.2 Å². The van der Waals surface area contributed by atoms with Crippen LogP contribution in [0.25, 0.3) is 0 Å². The maximum Gasteiger partial charge on any atom is 0.253 e. The fourth-order valence-electron chi connectivity index (χ4n) is 2.03. The predicted octanol–water partition coefficient (Wildman–Crippen LogP) is 3.24. The molecule has 0 bridgehead atoms. The van der Waals surface area contributed by atoms with Gasteiger partial charge in [0.15, 0.2) is 0 Å². The Hall–Kier alpha value is -2.87. The molecule has 2 rings (SSSR count). The normalized spacial score (nSPS) is 9.96. The molecule has 118 valence electrons. The summed E-state index contributed by atoms with van der Waals surface area (Å²) in [5.74, 6) is 0.203. The molecule has 0 radical (unpaired) electrons. The number of hydrogen-bond acceptors (Lipinski definition) is 3. The molecule has 0 aromatic heterocycles. The topological polar surface area (TPSA) is 53.3 Å². The number of nitriles is 1. The molecule has 0 saturated heterocycles. The standard InChI is InChI=1S/C18H17FN2O2/c1-21(18(22)15-5-3-14(13-20)4-6-15)11-2-12-23-17-9-7-16(19)8-10-17/h3-10H,2,11-12H2,1H3. The lowest BCUT2D eigenvalue weighted by Gasteiger charge is -2.17. The lowest BCUT2D eigenvalue weighted by Crippen LogP contribution is -2.28. The molecular weight excluding hydrogens is 295 g/mol. The van der Waals surface area contributed by atoms with E-state index in [1.54, 1.807) is 48.3 Å². The van der Waals surface area contributed by atoms with E-state index in [9.17, 15) is 9.18 Å². The number of amides is 1. The van der Waals surface area contributed by atoms with Gasteiger partial charge < -0.3 is 9.64 Å². The maximum absolute atomic E-state index is 12.8. The molecule has 0 fully saturated rings. The number of benzene rings is 2. The van der Waals surface area contributed by atoms with Gasteiger partial charge in [-0.2, -0.15) is 5.26 Å². The predicted molar refractivity (Wildman–Crippen MR) is 84.6 cm³/mol. The first-order valence-electron chi connectivity index (χ1n) is 7.24. The van der Waals surface area contributed by atoms with Crippen LogP contribution >= 0.6 is 0 Å². The van der Waals surface area contributed by atoms with Crippen molar-refractivity contribution in [3.63, 3.8) is 0 Å². The van der Waals surface area contributed by atoms with E-state index in [2.05, 4.69) is 0 Å². The van der Waals surface area contributed by atoms with Gasteiger partial charge in [-0.3, -0.25) is 4.79 Å². The Morgan fingerprint density at radius 2 is 1.83 bits per heavy atom. The van der Waals surface area contributed by atoms with Gasteiger partial charge in [-0.05, 0) is 55.0 Å². The summed E-state index contributed by atoms with van der Waals surface area (Å²) < 4.78 is 18.2. The van der Waals surface area contributed by atoms with Crippen LogP contribution in [0, 0.1) is 17.1 Å². The van der Waals surface area contributed by atoms with Crippen molar-refractivity contribution in [2.24, 2.45) is 0 Å². The fourth-order valence-corrected chi connectivity index (χ4v) is 2.03. The molecule has 5 heteroatoms. The summed E-state index contributed by atoms with van der Waals surface area (Å²) >= 11 is 0. The van der Waals surface area contributed by atoms with Crippen molar-refractivity contribution in [1.29, 1.82) is 5.26 Å². The molecule has 0 heterocycles. The average Bonchev–Trinajstić information content (AvgIpc) is 2.59. The van der Waals surface area contributed by atoms with Crippen LogP contribution in [0.15, 0.2) is 48.5 Å². The van der Waals surface area contributed by atoms with E-state index in [-0.39, 0.29) is 11.7 Å². The summed E-state index contributed by atoms with van der Waals surface area (Å²) in [5.41, 5.74) is 1.07. The second-order valence-corrected chi connectivity index (χ2v) is 5.07. The molecule has 4 nitrogen and oxygen atoms in total. The molecule has 0 saturated carbocycles. The number of hydrogen-bond donors (Lipinski definition) is 0. The van der Waals surface area contributed by atoms with Gasteiger partial charge in [-0.25, -0.2) is 4.39 Å². The molecule has 1 amide bonds. The lowest BCUT2D eigenvalue weighted by molar-refractivity contribution is 0.0788. The summed E-state index contributed by atoms with van der Waals surface area (Å²) in [6.45, 7) is 0.983. The molecule has 2 aromatic rings. The third-order valence-electron chi connectivity index (χ3n) is 3.33. The number of rotatable bonds is 6. The highest BCUT2D eigenvalue weighted by Crippen LogP contribution is 2.11. The monoisotopic (exact) mass is 312 g/mol. The third kappa shape index (κ3) is 4.82. The Kier molecular flexibility index (Phi) is 5.70. The first-order chi connectivity index (χ1) is 11.1. The summed E-state index contributed by atoms with van der Waals surface area (Å²) in [7, 11) is 1.72. The Labute approximate surface area is 134 Å². The van der Waals surface area contributed by atoms with E-state index in [4.69, 9.17) is 10.00 Å². The first-order valence-corrected chi connectivity index (χ1v) is 7.24. The van der Waals surface area contributed by atoms with Crippen molar-refractivity contribution in [3.05, 3.63) is 65.5 Å². The summed E-state index contributed by atoms with van der Waals surface area (Å²) in [6, 6.07) is 14.4. The molecule has 0 spiro atoms. The Balaban J connectivity index is 1.77. The van der Waals surface area contributed by atoms with E-state index < -0.39 is 0 Å². The highest BCUT2D eigenvalue weighted by atomic mass is 19.1. The number of ether oxygens (including phenoxy) is 1. The van der Waals surface area contributed by atoms with E-state index in [1.807, 2.05) is 6.07 Å². The summed E-state index contributed by atoms with van der Waals surface area (Å²) in [6.07, 6.45) is 0.663.